The number of rotatable bonds is 3. The van der Waals surface area contributed by atoms with E-state index in [4.69, 9.17) is 0 Å². The van der Waals surface area contributed by atoms with E-state index in [0.717, 1.165) is 30.1 Å². The smallest absolute Gasteiger partial charge is 0.186 e. The number of anilines is 2. The lowest BCUT2D eigenvalue weighted by molar-refractivity contribution is 0.533. The predicted octanol–water partition coefficient (Wildman–Crippen LogP) is 1.88. The highest BCUT2D eigenvalue weighted by Gasteiger charge is 2.30. The van der Waals surface area contributed by atoms with Gasteiger partial charge in [0.2, 0.25) is 0 Å². The molecule has 1 N–H and O–H groups in total. The fourth-order valence-corrected chi connectivity index (χ4v) is 3.00. The van der Waals surface area contributed by atoms with Crippen molar-refractivity contribution in [1.82, 2.24) is 24.6 Å². The highest BCUT2D eigenvalue weighted by Crippen LogP contribution is 2.26. The van der Waals surface area contributed by atoms with E-state index in [0.29, 0.717) is 11.5 Å². The summed E-state index contributed by atoms with van der Waals surface area (Å²) in [5, 5.41) is 7.56. The van der Waals surface area contributed by atoms with Gasteiger partial charge in [0.1, 0.15) is 11.3 Å². The molecule has 1 saturated heterocycles. The molecule has 3 aromatic heterocycles. The van der Waals surface area contributed by atoms with Crippen molar-refractivity contribution >= 4 is 17.2 Å². The number of aromatic nitrogens is 5. The number of nitrogens with one attached hydrogen (secondary N) is 1. The van der Waals surface area contributed by atoms with Gasteiger partial charge >= 0.3 is 0 Å². The summed E-state index contributed by atoms with van der Waals surface area (Å²) in [5.41, 5.74) is 2.30. The lowest BCUT2D eigenvalue weighted by Crippen LogP contribution is -2.55. The average molecular weight is 327 g/mol. The van der Waals surface area contributed by atoms with E-state index in [1.165, 1.54) is 0 Å². The van der Waals surface area contributed by atoms with Crippen molar-refractivity contribution < 1.29 is 4.39 Å². The molecule has 1 aliphatic rings. The van der Waals surface area contributed by atoms with Crippen LogP contribution in [0, 0.1) is 26.6 Å². The van der Waals surface area contributed by atoms with Crippen molar-refractivity contribution in [2.45, 2.75) is 26.8 Å². The van der Waals surface area contributed by atoms with E-state index in [1.54, 1.807) is 20.0 Å². The first-order chi connectivity index (χ1) is 11.5. The van der Waals surface area contributed by atoms with Crippen LogP contribution in [0.3, 0.4) is 0 Å². The van der Waals surface area contributed by atoms with E-state index in [-0.39, 0.29) is 17.7 Å². The molecule has 7 nitrogen and oxygen atoms in total. The molecule has 0 unspecified atom stereocenters. The average Bonchev–Trinajstić information content (AvgIpc) is 2.87. The van der Waals surface area contributed by atoms with Crippen molar-refractivity contribution in [3.05, 3.63) is 41.5 Å². The van der Waals surface area contributed by atoms with Crippen LogP contribution in [-0.4, -0.2) is 43.7 Å². The Morgan fingerprint density at radius 2 is 2.00 bits per heavy atom. The van der Waals surface area contributed by atoms with E-state index in [2.05, 4.69) is 30.3 Å². The van der Waals surface area contributed by atoms with Gasteiger partial charge in [-0.1, -0.05) is 0 Å². The molecule has 0 aliphatic carbocycles. The first-order valence-electron chi connectivity index (χ1n) is 7.84. The normalized spacial score (nSPS) is 14.9. The van der Waals surface area contributed by atoms with Gasteiger partial charge < -0.3 is 10.2 Å². The highest BCUT2D eigenvalue weighted by atomic mass is 19.1. The van der Waals surface area contributed by atoms with Crippen molar-refractivity contribution in [2.75, 3.05) is 23.3 Å². The quantitative estimate of drug-likeness (QED) is 0.792. The Balaban J connectivity index is 1.50. The summed E-state index contributed by atoms with van der Waals surface area (Å²) in [7, 11) is 0. The van der Waals surface area contributed by atoms with Crippen LogP contribution in [-0.2, 0) is 0 Å². The molecule has 0 amide bonds. The second-order valence-corrected chi connectivity index (χ2v) is 6.13. The molecular formula is C16H18FN7. The number of halogens is 1. The summed E-state index contributed by atoms with van der Waals surface area (Å²) in [6.07, 6.45) is 3.58. The summed E-state index contributed by atoms with van der Waals surface area (Å²) in [6.45, 7) is 6.84. The predicted molar refractivity (Wildman–Crippen MR) is 88.8 cm³/mol. The molecule has 4 heterocycles. The van der Waals surface area contributed by atoms with Gasteiger partial charge in [-0.2, -0.15) is 5.10 Å². The topological polar surface area (TPSA) is 71.2 Å². The Morgan fingerprint density at radius 3 is 2.79 bits per heavy atom. The second-order valence-electron chi connectivity index (χ2n) is 6.13. The Kier molecular flexibility index (Phi) is 3.33. The minimum atomic E-state index is -0.384. The molecule has 4 rings (SSSR count). The fourth-order valence-electron chi connectivity index (χ4n) is 3.00. The molecule has 1 aliphatic heterocycles. The molecule has 0 saturated carbocycles. The van der Waals surface area contributed by atoms with Gasteiger partial charge in [0.15, 0.2) is 17.5 Å². The maximum Gasteiger partial charge on any atom is 0.186 e. The Hall–Kier alpha value is -2.77. The molecule has 3 aromatic rings. The van der Waals surface area contributed by atoms with Crippen LogP contribution >= 0.6 is 0 Å². The van der Waals surface area contributed by atoms with Crippen LogP contribution in [0.25, 0.3) is 5.52 Å². The van der Waals surface area contributed by atoms with Crippen LogP contribution in [0.1, 0.15) is 17.2 Å². The van der Waals surface area contributed by atoms with Gasteiger partial charge in [0.25, 0.3) is 0 Å². The third kappa shape index (κ3) is 2.44. The van der Waals surface area contributed by atoms with Gasteiger partial charge in [-0.3, -0.25) is 0 Å². The summed E-state index contributed by atoms with van der Waals surface area (Å²) < 4.78 is 15.9. The number of nitrogens with zero attached hydrogens (tertiary/aromatic N) is 6. The Bertz CT molecular complexity index is 914. The van der Waals surface area contributed by atoms with Crippen molar-refractivity contribution in [1.29, 1.82) is 0 Å². The van der Waals surface area contributed by atoms with E-state index in [9.17, 15) is 4.39 Å². The summed E-state index contributed by atoms with van der Waals surface area (Å²) >= 11 is 0. The standard InChI is InChI=1S/C16H18FN7/c1-9-6-13-16(18-4-5-24(13)22-9)23-7-12(8-23)21-15-14(17)10(2)19-11(3)20-15/h4-6,12H,7-8H2,1-3H3,(H,19,20,21). The molecule has 1 fully saturated rings. The first-order valence-corrected chi connectivity index (χ1v) is 7.84. The molecular weight excluding hydrogens is 309 g/mol. The highest BCUT2D eigenvalue weighted by molar-refractivity contribution is 5.70. The van der Waals surface area contributed by atoms with Gasteiger partial charge in [0.05, 0.1) is 17.4 Å². The van der Waals surface area contributed by atoms with Crippen LogP contribution in [0.15, 0.2) is 18.5 Å². The van der Waals surface area contributed by atoms with Crippen LogP contribution in [0.5, 0.6) is 0 Å². The van der Waals surface area contributed by atoms with Gasteiger partial charge in [0, 0.05) is 25.5 Å². The minimum absolute atomic E-state index is 0.124. The number of hydrogen-bond acceptors (Lipinski definition) is 6. The molecule has 0 spiro atoms. The number of fused-ring (bicyclic) bond motifs is 1. The molecule has 124 valence electrons. The van der Waals surface area contributed by atoms with Gasteiger partial charge in [-0.15, -0.1) is 0 Å². The van der Waals surface area contributed by atoms with Crippen molar-refractivity contribution in [2.24, 2.45) is 0 Å². The summed E-state index contributed by atoms with van der Waals surface area (Å²) in [6, 6.07) is 2.14. The molecule has 0 bridgehead atoms. The summed E-state index contributed by atoms with van der Waals surface area (Å²) in [4.78, 5) is 14.8. The van der Waals surface area contributed by atoms with Gasteiger partial charge in [-0.25, -0.2) is 23.9 Å². The third-order valence-corrected chi connectivity index (χ3v) is 4.14. The third-order valence-electron chi connectivity index (χ3n) is 4.14. The lowest BCUT2D eigenvalue weighted by atomic mass is 10.1. The zero-order valence-corrected chi connectivity index (χ0v) is 13.8. The fraction of sp³-hybridized carbons (Fsp3) is 0.375. The van der Waals surface area contributed by atoms with Crippen LogP contribution in [0.2, 0.25) is 0 Å². The number of hydrogen-bond donors (Lipinski definition) is 1. The van der Waals surface area contributed by atoms with E-state index >= 15 is 0 Å². The maximum atomic E-state index is 14.1. The van der Waals surface area contributed by atoms with Crippen LogP contribution in [0.4, 0.5) is 16.0 Å². The van der Waals surface area contributed by atoms with Gasteiger partial charge in [-0.05, 0) is 26.8 Å². The Morgan fingerprint density at radius 1 is 1.21 bits per heavy atom. The summed E-state index contributed by atoms with van der Waals surface area (Å²) in [5.74, 6) is 1.35. The SMILES string of the molecule is Cc1cc2c(N3CC(Nc4nc(C)nc(C)c4F)C3)nccn2n1. The first kappa shape index (κ1) is 14.8. The monoisotopic (exact) mass is 327 g/mol. The lowest BCUT2D eigenvalue weighted by Gasteiger charge is -2.40. The molecule has 0 atom stereocenters. The Labute approximate surface area is 138 Å². The van der Waals surface area contributed by atoms with E-state index in [1.807, 2.05) is 23.7 Å². The zero-order valence-electron chi connectivity index (χ0n) is 13.8. The molecule has 8 heteroatoms. The maximum absolute atomic E-state index is 14.1. The molecule has 0 radical (unpaired) electrons. The van der Waals surface area contributed by atoms with E-state index < -0.39 is 0 Å². The van der Waals surface area contributed by atoms with Crippen LogP contribution < -0.4 is 10.2 Å². The zero-order chi connectivity index (χ0) is 16.8. The minimum Gasteiger partial charge on any atom is -0.361 e. The number of aryl methyl sites for hydroxylation is 3. The molecule has 24 heavy (non-hydrogen) atoms. The largest absolute Gasteiger partial charge is 0.361 e. The van der Waals surface area contributed by atoms with Crippen molar-refractivity contribution in [3.8, 4) is 0 Å². The van der Waals surface area contributed by atoms with Crippen molar-refractivity contribution in [3.63, 3.8) is 0 Å². The second kappa shape index (κ2) is 5.40. The molecule has 0 aromatic carbocycles.